The SMILES string of the molecule is Cc1nnnn1CC(=O)N1C[C@H](CO)C[C@@H](CN2CCOCC2)C1. The smallest absolute Gasteiger partial charge is 0.244 e. The summed E-state index contributed by atoms with van der Waals surface area (Å²) >= 11 is 0. The van der Waals surface area contributed by atoms with Gasteiger partial charge in [-0.1, -0.05) is 0 Å². The molecular formula is C15H26N6O3. The van der Waals surface area contributed by atoms with Crippen molar-refractivity contribution in [3.8, 4) is 0 Å². The summed E-state index contributed by atoms with van der Waals surface area (Å²) in [6.45, 7) is 7.78. The third kappa shape index (κ3) is 4.28. The van der Waals surface area contributed by atoms with E-state index in [2.05, 4.69) is 20.4 Å². The summed E-state index contributed by atoms with van der Waals surface area (Å²) in [6, 6.07) is 0. The Bertz CT molecular complexity index is 545. The lowest BCUT2D eigenvalue weighted by Gasteiger charge is -2.40. The maximum absolute atomic E-state index is 12.6. The molecule has 1 N–H and O–H groups in total. The van der Waals surface area contributed by atoms with Gasteiger partial charge in [-0.3, -0.25) is 9.69 Å². The van der Waals surface area contributed by atoms with E-state index in [1.165, 1.54) is 4.68 Å². The highest BCUT2D eigenvalue weighted by atomic mass is 16.5. The van der Waals surface area contributed by atoms with Crippen molar-refractivity contribution >= 4 is 5.91 Å². The number of tetrazole rings is 1. The maximum Gasteiger partial charge on any atom is 0.244 e. The first-order valence-electron chi connectivity index (χ1n) is 8.57. The number of ether oxygens (including phenoxy) is 1. The minimum atomic E-state index is 0.00975. The molecule has 2 fully saturated rings. The molecule has 0 saturated carbocycles. The van der Waals surface area contributed by atoms with E-state index in [-0.39, 0.29) is 25.0 Å². The average molecular weight is 338 g/mol. The summed E-state index contributed by atoms with van der Waals surface area (Å²) in [5.74, 6) is 1.16. The van der Waals surface area contributed by atoms with Gasteiger partial charge in [-0.2, -0.15) is 0 Å². The molecule has 2 saturated heterocycles. The van der Waals surface area contributed by atoms with Crippen molar-refractivity contribution in [2.24, 2.45) is 11.8 Å². The van der Waals surface area contributed by atoms with Crippen LogP contribution in [-0.4, -0.2) is 93.6 Å². The van der Waals surface area contributed by atoms with Gasteiger partial charge in [-0.05, 0) is 35.6 Å². The van der Waals surface area contributed by atoms with Crippen LogP contribution < -0.4 is 0 Å². The Hall–Kier alpha value is -1.58. The molecule has 2 atom stereocenters. The molecule has 134 valence electrons. The Morgan fingerprint density at radius 3 is 2.71 bits per heavy atom. The summed E-state index contributed by atoms with van der Waals surface area (Å²) in [5.41, 5.74) is 0. The van der Waals surface area contributed by atoms with Crippen LogP contribution in [0.5, 0.6) is 0 Å². The summed E-state index contributed by atoms with van der Waals surface area (Å²) in [5, 5.41) is 20.8. The van der Waals surface area contributed by atoms with Crippen LogP contribution in [0.25, 0.3) is 0 Å². The number of hydrogen-bond acceptors (Lipinski definition) is 7. The van der Waals surface area contributed by atoms with Gasteiger partial charge in [-0.25, -0.2) is 4.68 Å². The third-order valence-corrected chi connectivity index (χ3v) is 4.85. The van der Waals surface area contributed by atoms with Gasteiger partial charge in [0.05, 0.1) is 13.2 Å². The van der Waals surface area contributed by atoms with Gasteiger partial charge < -0.3 is 14.7 Å². The van der Waals surface area contributed by atoms with Crippen LogP contribution in [0.4, 0.5) is 0 Å². The lowest BCUT2D eigenvalue weighted by molar-refractivity contribution is -0.135. The highest BCUT2D eigenvalue weighted by Gasteiger charge is 2.31. The maximum atomic E-state index is 12.6. The van der Waals surface area contributed by atoms with Crippen LogP contribution in [0, 0.1) is 18.8 Å². The number of aliphatic hydroxyl groups is 1. The van der Waals surface area contributed by atoms with Crippen molar-refractivity contribution in [1.29, 1.82) is 0 Å². The van der Waals surface area contributed by atoms with Gasteiger partial charge >= 0.3 is 0 Å². The van der Waals surface area contributed by atoms with Gasteiger partial charge in [0.15, 0.2) is 0 Å². The Morgan fingerprint density at radius 2 is 2.04 bits per heavy atom. The Balaban J connectivity index is 1.59. The number of aliphatic hydroxyl groups excluding tert-OH is 1. The van der Waals surface area contributed by atoms with Crippen molar-refractivity contribution in [2.75, 3.05) is 52.5 Å². The first-order valence-corrected chi connectivity index (χ1v) is 8.57. The normalized spacial score (nSPS) is 25.8. The van der Waals surface area contributed by atoms with E-state index in [1.54, 1.807) is 6.92 Å². The minimum Gasteiger partial charge on any atom is -0.396 e. The highest BCUT2D eigenvalue weighted by molar-refractivity contribution is 5.76. The molecule has 0 spiro atoms. The van der Waals surface area contributed by atoms with Gasteiger partial charge in [-0.15, -0.1) is 5.10 Å². The first-order chi connectivity index (χ1) is 11.7. The number of piperidine rings is 1. The van der Waals surface area contributed by atoms with Gasteiger partial charge in [0.1, 0.15) is 12.4 Å². The van der Waals surface area contributed by atoms with Gasteiger partial charge in [0.25, 0.3) is 0 Å². The van der Waals surface area contributed by atoms with E-state index in [0.29, 0.717) is 18.3 Å². The predicted octanol–water partition coefficient (Wildman–Crippen LogP) is -1.23. The first kappa shape index (κ1) is 17.2. The summed E-state index contributed by atoms with van der Waals surface area (Å²) in [6.07, 6.45) is 0.960. The number of aryl methyl sites for hydroxylation is 1. The number of nitrogens with zero attached hydrogens (tertiary/aromatic N) is 6. The van der Waals surface area contributed by atoms with Crippen LogP contribution in [0.3, 0.4) is 0 Å². The number of aromatic nitrogens is 4. The van der Waals surface area contributed by atoms with Crippen molar-refractivity contribution in [2.45, 2.75) is 19.9 Å². The van der Waals surface area contributed by atoms with Crippen LogP contribution in [0.2, 0.25) is 0 Å². The molecule has 0 aromatic carbocycles. The molecule has 1 aromatic heterocycles. The number of hydrogen-bond donors (Lipinski definition) is 1. The molecule has 9 nitrogen and oxygen atoms in total. The van der Waals surface area contributed by atoms with E-state index >= 15 is 0 Å². The third-order valence-electron chi connectivity index (χ3n) is 4.85. The molecule has 0 aliphatic carbocycles. The molecule has 1 amide bonds. The van der Waals surface area contributed by atoms with E-state index in [9.17, 15) is 9.90 Å². The van der Waals surface area contributed by atoms with Crippen LogP contribution in [-0.2, 0) is 16.1 Å². The standard InChI is InChI=1S/C15H26N6O3/c1-12-16-17-18-21(12)10-15(23)20-8-13(6-14(9-20)11-22)7-19-2-4-24-5-3-19/h13-14,22H,2-11H2,1H3/t13-,14+/m0/s1. The largest absolute Gasteiger partial charge is 0.396 e. The van der Waals surface area contributed by atoms with E-state index in [0.717, 1.165) is 45.8 Å². The molecular weight excluding hydrogens is 312 g/mol. The van der Waals surface area contributed by atoms with Crippen LogP contribution in [0.1, 0.15) is 12.2 Å². The second kappa shape index (κ2) is 8.00. The van der Waals surface area contributed by atoms with Crippen molar-refractivity contribution < 1.29 is 14.6 Å². The Morgan fingerprint density at radius 1 is 1.29 bits per heavy atom. The molecule has 9 heteroatoms. The molecule has 0 radical (unpaired) electrons. The lowest BCUT2D eigenvalue weighted by atomic mass is 9.89. The number of amides is 1. The quantitative estimate of drug-likeness (QED) is 0.718. The molecule has 2 aliphatic heterocycles. The summed E-state index contributed by atoms with van der Waals surface area (Å²) in [7, 11) is 0. The van der Waals surface area contributed by atoms with Crippen LogP contribution in [0.15, 0.2) is 0 Å². The van der Waals surface area contributed by atoms with Gasteiger partial charge in [0.2, 0.25) is 5.91 Å². The molecule has 0 unspecified atom stereocenters. The zero-order valence-electron chi connectivity index (χ0n) is 14.2. The van der Waals surface area contributed by atoms with E-state index in [1.807, 2.05) is 4.90 Å². The molecule has 3 heterocycles. The molecule has 3 rings (SSSR count). The Labute approximate surface area is 141 Å². The van der Waals surface area contributed by atoms with E-state index < -0.39 is 0 Å². The molecule has 0 bridgehead atoms. The minimum absolute atomic E-state index is 0.00975. The van der Waals surface area contributed by atoms with Gasteiger partial charge in [0, 0.05) is 39.3 Å². The Kier molecular flexibility index (Phi) is 5.75. The fourth-order valence-corrected chi connectivity index (χ4v) is 3.56. The van der Waals surface area contributed by atoms with Crippen molar-refractivity contribution in [3.05, 3.63) is 5.82 Å². The van der Waals surface area contributed by atoms with E-state index in [4.69, 9.17) is 4.74 Å². The lowest BCUT2D eigenvalue weighted by Crippen LogP contribution is -2.50. The zero-order valence-corrected chi connectivity index (χ0v) is 14.2. The van der Waals surface area contributed by atoms with Crippen LogP contribution >= 0.6 is 0 Å². The topological polar surface area (TPSA) is 96.6 Å². The fourth-order valence-electron chi connectivity index (χ4n) is 3.56. The number of carbonyl (C=O) groups excluding carboxylic acids is 1. The average Bonchev–Trinajstić information content (AvgIpc) is 3.00. The monoisotopic (exact) mass is 338 g/mol. The summed E-state index contributed by atoms with van der Waals surface area (Å²) < 4.78 is 6.91. The highest BCUT2D eigenvalue weighted by Crippen LogP contribution is 2.23. The number of likely N-dealkylation sites (tertiary alicyclic amines) is 1. The second-order valence-corrected chi connectivity index (χ2v) is 6.75. The van der Waals surface area contributed by atoms with Crippen molar-refractivity contribution in [3.63, 3.8) is 0 Å². The molecule has 2 aliphatic rings. The number of carbonyl (C=O) groups is 1. The van der Waals surface area contributed by atoms with Crippen molar-refractivity contribution in [1.82, 2.24) is 30.0 Å². The number of rotatable bonds is 5. The predicted molar refractivity (Wildman–Crippen MR) is 85.1 cm³/mol. The number of morpholine rings is 1. The molecule has 24 heavy (non-hydrogen) atoms. The fraction of sp³-hybridized carbons (Fsp3) is 0.867. The zero-order chi connectivity index (χ0) is 16.9. The second-order valence-electron chi connectivity index (χ2n) is 6.75. The molecule has 1 aromatic rings. The summed E-state index contributed by atoms with van der Waals surface area (Å²) in [4.78, 5) is 16.9.